The van der Waals surface area contributed by atoms with Gasteiger partial charge in [-0.25, -0.2) is 4.98 Å². The molecule has 0 spiro atoms. The maximum Gasteiger partial charge on any atom is 0.268 e. The van der Waals surface area contributed by atoms with Gasteiger partial charge in [0.1, 0.15) is 23.2 Å². The summed E-state index contributed by atoms with van der Waals surface area (Å²) in [6.07, 6.45) is 3.74. The van der Waals surface area contributed by atoms with E-state index in [1.54, 1.807) is 30.5 Å². The number of rotatable bonds is 6. The Morgan fingerprint density at radius 2 is 1.94 bits per heavy atom. The average Bonchev–Trinajstić information content (AvgIpc) is 3.42. The van der Waals surface area contributed by atoms with Crippen LogP contribution in [0.3, 0.4) is 0 Å². The molecule has 0 saturated carbocycles. The van der Waals surface area contributed by atoms with Gasteiger partial charge < -0.3 is 4.42 Å². The SMILES string of the molecule is N#C/C(=C\c1ccc(-c2ccc(Cl)cc2)o1)C(=O)Nc1ncc(Cc2cccc(Cl)c2)s1. The van der Waals surface area contributed by atoms with E-state index in [0.717, 1.165) is 16.0 Å². The van der Waals surface area contributed by atoms with E-state index >= 15 is 0 Å². The van der Waals surface area contributed by atoms with Gasteiger partial charge in [-0.15, -0.1) is 11.3 Å². The van der Waals surface area contributed by atoms with Crippen LogP contribution in [-0.4, -0.2) is 10.9 Å². The lowest BCUT2D eigenvalue weighted by atomic mass is 10.1. The molecule has 5 nitrogen and oxygen atoms in total. The fourth-order valence-electron chi connectivity index (χ4n) is 2.95. The van der Waals surface area contributed by atoms with Crippen LogP contribution < -0.4 is 5.32 Å². The van der Waals surface area contributed by atoms with Crippen LogP contribution in [0.15, 0.2) is 76.9 Å². The van der Waals surface area contributed by atoms with Crippen molar-refractivity contribution in [2.24, 2.45) is 0 Å². The largest absolute Gasteiger partial charge is 0.457 e. The minimum atomic E-state index is -0.555. The van der Waals surface area contributed by atoms with Crippen molar-refractivity contribution in [2.75, 3.05) is 5.32 Å². The summed E-state index contributed by atoms with van der Waals surface area (Å²) in [6.45, 7) is 0. The summed E-state index contributed by atoms with van der Waals surface area (Å²) >= 11 is 13.3. The monoisotopic (exact) mass is 479 g/mol. The van der Waals surface area contributed by atoms with Crippen LogP contribution in [0.1, 0.15) is 16.2 Å². The van der Waals surface area contributed by atoms with Gasteiger partial charge in [-0.1, -0.05) is 35.3 Å². The first kappa shape index (κ1) is 21.8. The van der Waals surface area contributed by atoms with E-state index in [9.17, 15) is 10.1 Å². The van der Waals surface area contributed by atoms with Gasteiger partial charge in [0, 0.05) is 39.2 Å². The Kier molecular flexibility index (Phi) is 6.72. The van der Waals surface area contributed by atoms with Gasteiger partial charge in [-0.3, -0.25) is 10.1 Å². The molecule has 0 fully saturated rings. The van der Waals surface area contributed by atoms with Gasteiger partial charge in [0.2, 0.25) is 0 Å². The average molecular weight is 480 g/mol. The van der Waals surface area contributed by atoms with Gasteiger partial charge in [-0.2, -0.15) is 5.26 Å². The lowest BCUT2D eigenvalue weighted by Gasteiger charge is -2.00. The quantitative estimate of drug-likeness (QED) is 0.242. The molecule has 1 amide bonds. The third kappa shape index (κ3) is 5.45. The highest BCUT2D eigenvalue weighted by Crippen LogP contribution is 2.26. The fourth-order valence-corrected chi connectivity index (χ4v) is 4.13. The van der Waals surface area contributed by atoms with E-state index in [4.69, 9.17) is 27.6 Å². The number of anilines is 1. The lowest BCUT2D eigenvalue weighted by molar-refractivity contribution is -0.112. The normalized spacial score (nSPS) is 11.2. The van der Waals surface area contributed by atoms with E-state index in [2.05, 4.69) is 10.3 Å². The molecule has 32 heavy (non-hydrogen) atoms. The summed E-state index contributed by atoms with van der Waals surface area (Å²) in [4.78, 5) is 17.8. The highest BCUT2D eigenvalue weighted by Gasteiger charge is 2.14. The number of aromatic nitrogens is 1. The first-order chi connectivity index (χ1) is 15.5. The molecule has 2 aromatic carbocycles. The topological polar surface area (TPSA) is 78.9 Å². The van der Waals surface area contributed by atoms with Crippen molar-refractivity contribution in [3.8, 4) is 17.4 Å². The number of nitrogens with zero attached hydrogens (tertiary/aromatic N) is 2. The number of carbonyl (C=O) groups excluding carboxylic acids is 1. The zero-order valence-electron chi connectivity index (χ0n) is 16.5. The zero-order chi connectivity index (χ0) is 22.5. The first-order valence-electron chi connectivity index (χ1n) is 9.48. The van der Waals surface area contributed by atoms with Gasteiger partial charge in [0.05, 0.1) is 0 Å². The van der Waals surface area contributed by atoms with E-state index in [0.29, 0.717) is 33.1 Å². The standard InChI is InChI=1S/C24H15Cl2N3O2S/c25-18-6-4-16(5-7-18)22-9-8-20(31-22)12-17(13-27)23(30)29-24-28-14-21(32-24)11-15-2-1-3-19(26)10-15/h1-10,12,14H,11H2,(H,28,29,30)/b17-12+. The van der Waals surface area contributed by atoms with Crippen LogP contribution in [0.2, 0.25) is 10.0 Å². The molecule has 4 aromatic rings. The van der Waals surface area contributed by atoms with E-state index < -0.39 is 5.91 Å². The van der Waals surface area contributed by atoms with Crippen LogP contribution >= 0.6 is 34.5 Å². The van der Waals surface area contributed by atoms with Crippen molar-refractivity contribution in [3.63, 3.8) is 0 Å². The van der Waals surface area contributed by atoms with Crippen molar-refractivity contribution >= 4 is 51.7 Å². The molecule has 2 aromatic heterocycles. The zero-order valence-corrected chi connectivity index (χ0v) is 18.8. The van der Waals surface area contributed by atoms with E-state index in [1.165, 1.54) is 17.4 Å². The highest BCUT2D eigenvalue weighted by atomic mass is 35.5. The van der Waals surface area contributed by atoms with Crippen LogP contribution in [0.5, 0.6) is 0 Å². The van der Waals surface area contributed by atoms with E-state index in [-0.39, 0.29) is 5.57 Å². The van der Waals surface area contributed by atoms with Gasteiger partial charge >= 0.3 is 0 Å². The molecule has 0 unspecified atom stereocenters. The number of hydrogen-bond donors (Lipinski definition) is 1. The predicted octanol–water partition coefficient (Wildman–Crippen LogP) is 6.85. The highest BCUT2D eigenvalue weighted by molar-refractivity contribution is 7.15. The maximum absolute atomic E-state index is 12.6. The van der Waals surface area contributed by atoms with Crippen molar-refractivity contribution in [3.05, 3.63) is 98.7 Å². The maximum atomic E-state index is 12.6. The molecule has 158 valence electrons. The van der Waals surface area contributed by atoms with Crippen LogP contribution in [0, 0.1) is 11.3 Å². The summed E-state index contributed by atoms with van der Waals surface area (Å²) in [6, 6.07) is 20.1. The van der Waals surface area contributed by atoms with Crippen LogP contribution in [0.4, 0.5) is 5.13 Å². The minimum Gasteiger partial charge on any atom is -0.457 e. The molecule has 0 aliphatic carbocycles. The molecule has 8 heteroatoms. The number of amides is 1. The number of hydrogen-bond acceptors (Lipinski definition) is 5. The van der Waals surface area contributed by atoms with E-state index in [1.807, 2.05) is 42.5 Å². The molecule has 0 atom stereocenters. The Labute approximate surface area is 198 Å². The van der Waals surface area contributed by atoms with Gasteiger partial charge in [0.15, 0.2) is 5.13 Å². The Morgan fingerprint density at radius 1 is 1.12 bits per heavy atom. The minimum absolute atomic E-state index is 0.0893. The van der Waals surface area contributed by atoms with Crippen molar-refractivity contribution in [1.29, 1.82) is 5.26 Å². The third-order valence-electron chi connectivity index (χ3n) is 4.45. The Morgan fingerprint density at radius 3 is 2.69 bits per heavy atom. The second-order valence-electron chi connectivity index (χ2n) is 6.77. The summed E-state index contributed by atoms with van der Waals surface area (Å²) in [7, 11) is 0. The number of carbonyl (C=O) groups is 1. The summed E-state index contributed by atoms with van der Waals surface area (Å²) in [5.41, 5.74) is 1.80. The predicted molar refractivity (Wildman–Crippen MR) is 128 cm³/mol. The molecular weight excluding hydrogens is 465 g/mol. The smallest absolute Gasteiger partial charge is 0.268 e. The second-order valence-corrected chi connectivity index (χ2v) is 8.76. The summed E-state index contributed by atoms with van der Waals surface area (Å²) in [5.74, 6) is 0.444. The Balaban J connectivity index is 1.44. The summed E-state index contributed by atoms with van der Waals surface area (Å²) < 4.78 is 5.75. The Hall–Kier alpha value is -3.37. The van der Waals surface area contributed by atoms with Gasteiger partial charge in [0.25, 0.3) is 5.91 Å². The third-order valence-corrected chi connectivity index (χ3v) is 5.85. The first-order valence-corrected chi connectivity index (χ1v) is 11.1. The number of nitrogens with one attached hydrogen (secondary N) is 1. The molecule has 0 radical (unpaired) electrons. The molecule has 2 heterocycles. The van der Waals surface area contributed by atoms with Crippen molar-refractivity contribution in [1.82, 2.24) is 4.98 Å². The molecular formula is C24H15Cl2N3O2S. The second kappa shape index (κ2) is 9.84. The van der Waals surface area contributed by atoms with Crippen molar-refractivity contribution in [2.45, 2.75) is 6.42 Å². The summed E-state index contributed by atoms with van der Waals surface area (Å²) in [5, 5.41) is 13.8. The molecule has 0 bridgehead atoms. The Bertz CT molecular complexity index is 1330. The molecule has 0 aliphatic heterocycles. The number of thiazole rings is 1. The van der Waals surface area contributed by atoms with Crippen LogP contribution in [0.25, 0.3) is 17.4 Å². The number of benzene rings is 2. The van der Waals surface area contributed by atoms with Crippen molar-refractivity contribution < 1.29 is 9.21 Å². The molecule has 0 saturated heterocycles. The van der Waals surface area contributed by atoms with Gasteiger partial charge in [-0.05, 0) is 54.1 Å². The lowest BCUT2D eigenvalue weighted by Crippen LogP contribution is -2.13. The molecule has 0 aliphatic rings. The molecule has 1 N–H and O–H groups in total. The number of halogens is 2. The fraction of sp³-hybridized carbons (Fsp3) is 0.0417. The molecule has 4 rings (SSSR count). The number of furan rings is 1. The van der Waals surface area contributed by atoms with Crippen LogP contribution in [-0.2, 0) is 11.2 Å². The number of nitriles is 1.